The molecule has 1 nitrogen and oxygen atoms in total. The van der Waals surface area contributed by atoms with Crippen molar-refractivity contribution in [3.8, 4) is 0 Å². The number of nitrogens with zero attached hydrogens (tertiary/aromatic N) is 1. The van der Waals surface area contributed by atoms with Crippen LogP contribution >= 0.6 is 0 Å². The lowest BCUT2D eigenvalue weighted by Crippen LogP contribution is -2.29. The molecule has 19 heavy (non-hydrogen) atoms. The second-order valence-corrected chi connectivity index (χ2v) is 6.72. The standard InChI is InChI=1S/C18H27N/c1-14(2)12-19(15(3)4)13-17-11-18(17,5)16-9-7-6-8-10-16/h6-10,14,17H,3,11-13H2,1-2,4-5H3. The summed E-state index contributed by atoms with van der Waals surface area (Å²) >= 11 is 0. The maximum atomic E-state index is 4.14. The highest BCUT2D eigenvalue weighted by molar-refractivity contribution is 5.32. The Bertz CT molecular complexity index is 434. The number of benzene rings is 1. The van der Waals surface area contributed by atoms with Crippen molar-refractivity contribution in [3.63, 3.8) is 0 Å². The number of hydrogen-bond donors (Lipinski definition) is 0. The van der Waals surface area contributed by atoms with Gasteiger partial charge in [0.05, 0.1) is 0 Å². The van der Waals surface area contributed by atoms with Gasteiger partial charge in [-0.2, -0.15) is 0 Å². The van der Waals surface area contributed by atoms with Crippen molar-refractivity contribution in [3.05, 3.63) is 48.2 Å². The van der Waals surface area contributed by atoms with Crippen LogP contribution in [0.5, 0.6) is 0 Å². The zero-order valence-corrected chi connectivity index (χ0v) is 12.8. The molecule has 0 radical (unpaired) electrons. The van der Waals surface area contributed by atoms with Gasteiger partial charge in [-0.3, -0.25) is 0 Å². The van der Waals surface area contributed by atoms with Gasteiger partial charge in [-0.15, -0.1) is 0 Å². The van der Waals surface area contributed by atoms with Gasteiger partial charge in [0.2, 0.25) is 0 Å². The van der Waals surface area contributed by atoms with E-state index in [9.17, 15) is 0 Å². The fourth-order valence-electron chi connectivity index (χ4n) is 2.98. The first-order valence-electron chi connectivity index (χ1n) is 7.39. The predicted molar refractivity (Wildman–Crippen MR) is 83.1 cm³/mol. The Morgan fingerprint density at radius 3 is 2.53 bits per heavy atom. The molecule has 104 valence electrons. The molecule has 1 aromatic carbocycles. The number of allylic oxidation sites excluding steroid dienone is 1. The number of rotatable bonds is 6. The molecule has 0 N–H and O–H groups in total. The van der Waals surface area contributed by atoms with Crippen LogP contribution in [0.3, 0.4) is 0 Å². The van der Waals surface area contributed by atoms with Crippen molar-refractivity contribution in [1.82, 2.24) is 4.90 Å². The smallest absolute Gasteiger partial charge is 0.0211 e. The van der Waals surface area contributed by atoms with Crippen LogP contribution in [0.25, 0.3) is 0 Å². The second kappa shape index (κ2) is 5.40. The molecule has 2 unspecified atom stereocenters. The Kier molecular flexibility index (Phi) is 4.03. The van der Waals surface area contributed by atoms with E-state index < -0.39 is 0 Å². The van der Waals surface area contributed by atoms with E-state index in [-0.39, 0.29) is 0 Å². The van der Waals surface area contributed by atoms with Crippen LogP contribution in [0.2, 0.25) is 0 Å². The lowest BCUT2D eigenvalue weighted by atomic mass is 9.95. The lowest BCUT2D eigenvalue weighted by Gasteiger charge is -2.28. The topological polar surface area (TPSA) is 3.24 Å². The molecule has 1 aliphatic rings. The molecule has 2 rings (SSSR count). The molecule has 0 heterocycles. The van der Waals surface area contributed by atoms with Crippen molar-refractivity contribution in [2.75, 3.05) is 13.1 Å². The van der Waals surface area contributed by atoms with E-state index in [0.29, 0.717) is 11.3 Å². The molecule has 0 bridgehead atoms. The van der Waals surface area contributed by atoms with E-state index in [4.69, 9.17) is 0 Å². The normalized spacial score (nSPS) is 25.4. The van der Waals surface area contributed by atoms with E-state index >= 15 is 0 Å². The Morgan fingerprint density at radius 2 is 2.00 bits per heavy atom. The van der Waals surface area contributed by atoms with Crippen LogP contribution in [0.4, 0.5) is 0 Å². The molecule has 1 heteroatoms. The lowest BCUT2D eigenvalue weighted by molar-refractivity contribution is 0.287. The molecular formula is C18H27N. The van der Waals surface area contributed by atoms with Crippen LogP contribution in [-0.4, -0.2) is 18.0 Å². The first kappa shape index (κ1) is 14.2. The quantitative estimate of drug-likeness (QED) is 0.727. The molecule has 1 aliphatic carbocycles. The predicted octanol–water partition coefficient (Wildman–Crippen LogP) is 4.46. The minimum absolute atomic E-state index is 0.381. The molecule has 2 atom stereocenters. The molecule has 0 aliphatic heterocycles. The summed E-state index contributed by atoms with van der Waals surface area (Å²) in [7, 11) is 0. The largest absolute Gasteiger partial charge is 0.375 e. The molecule has 0 saturated heterocycles. The molecule has 0 aromatic heterocycles. The maximum Gasteiger partial charge on any atom is 0.0211 e. The van der Waals surface area contributed by atoms with Crippen LogP contribution in [0, 0.1) is 11.8 Å². The molecule has 1 aromatic rings. The first-order valence-corrected chi connectivity index (χ1v) is 7.39. The van der Waals surface area contributed by atoms with Crippen molar-refractivity contribution in [1.29, 1.82) is 0 Å². The minimum Gasteiger partial charge on any atom is -0.375 e. The van der Waals surface area contributed by atoms with Gasteiger partial charge in [0.1, 0.15) is 0 Å². The monoisotopic (exact) mass is 257 g/mol. The van der Waals surface area contributed by atoms with E-state index in [1.165, 1.54) is 17.7 Å². The summed E-state index contributed by atoms with van der Waals surface area (Å²) in [4.78, 5) is 2.46. The van der Waals surface area contributed by atoms with Gasteiger partial charge in [0.15, 0.2) is 0 Å². The van der Waals surface area contributed by atoms with Crippen molar-refractivity contribution in [2.24, 2.45) is 11.8 Å². The van der Waals surface area contributed by atoms with Gasteiger partial charge >= 0.3 is 0 Å². The third-order valence-corrected chi connectivity index (χ3v) is 4.41. The molecule has 1 fully saturated rings. The highest BCUT2D eigenvalue weighted by atomic mass is 15.1. The van der Waals surface area contributed by atoms with Gasteiger partial charge in [0.25, 0.3) is 0 Å². The summed E-state index contributed by atoms with van der Waals surface area (Å²) in [6, 6.07) is 10.9. The highest BCUT2D eigenvalue weighted by Gasteiger charge is 2.51. The molecule has 1 saturated carbocycles. The SMILES string of the molecule is C=C(C)N(CC(C)C)CC1CC1(C)c1ccccc1. The summed E-state index contributed by atoms with van der Waals surface area (Å²) in [5.74, 6) is 1.46. The third kappa shape index (κ3) is 3.20. The molecular weight excluding hydrogens is 230 g/mol. The van der Waals surface area contributed by atoms with Gasteiger partial charge in [0, 0.05) is 18.8 Å². The maximum absolute atomic E-state index is 4.14. The molecule has 0 spiro atoms. The van der Waals surface area contributed by atoms with Crippen molar-refractivity contribution < 1.29 is 0 Å². The van der Waals surface area contributed by atoms with Gasteiger partial charge < -0.3 is 4.90 Å². The van der Waals surface area contributed by atoms with Crippen LogP contribution in [0.15, 0.2) is 42.6 Å². The number of hydrogen-bond acceptors (Lipinski definition) is 1. The fraction of sp³-hybridized carbons (Fsp3) is 0.556. The fourth-order valence-corrected chi connectivity index (χ4v) is 2.98. The summed E-state index contributed by atoms with van der Waals surface area (Å²) in [5, 5.41) is 0. The average molecular weight is 257 g/mol. The van der Waals surface area contributed by atoms with Crippen molar-refractivity contribution >= 4 is 0 Å². The second-order valence-electron chi connectivity index (χ2n) is 6.72. The Labute approximate surface area is 118 Å². The highest BCUT2D eigenvalue weighted by Crippen LogP contribution is 2.54. The van der Waals surface area contributed by atoms with Crippen LogP contribution in [-0.2, 0) is 5.41 Å². The van der Waals surface area contributed by atoms with Crippen LogP contribution in [0.1, 0.15) is 39.7 Å². The third-order valence-electron chi connectivity index (χ3n) is 4.41. The summed E-state index contributed by atoms with van der Waals surface area (Å²) in [6.45, 7) is 15.5. The summed E-state index contributed by atoms with van der Waals surface area (Å²) < 4.78 is 0. The zero-order valence-electron chi connectivity index (χ0n) is 12.8. The van der Waals surface area contributed by atoms with E-state index in [1.807, 2.05) is 0 Å². The average Bonchev–Trinajstić information content (AvgIpc) is 3.01. The summed E-state index contributed by atoms with van der Waals surface area (Å²) in [5.41, 5.74) is 3.08. The van der Waals surface area contributed by atoms with Gasteiger partial charge in [-0.05, 0) is 36.2 Å². The Balaban J connectivity index is 2.00. The van der Waals surface area contributed by atoms with Gasteiger partial charge in [-0.1, -0.05) is 57.7 Å². The van der Waals surface area contributed by atoms with E-state index in [1.54, 1.807) is 0 Å². The Morgan fingerprint density at radius 1 is 1.37 bits per heavy atom. The zero-order chi connectivity index (χ0) is 14.0. The van der Waals surface area contributed by atoms with Crippen LogP contribution < -0.4 is 0 Å². The first-order chi connectivity index (χ1) is 8.93. The van der Waals surface area contributed by atoms with E-state index in [2.05, 4.69) is 69.5 Å². The summed E-state index contributed by atoms with van der Waals surface area (Å²) in [6.07, 6.45) is 1.30. The van der Waals surface area contributed by atoms with E-state index in [0.717, 1.165) is 19.0 Å². The van der Waals surface area contributed by atoms with Crippen molar-refractivity contribution in [2.45, 2.75) is 39.5 Å². The minimum atomic E-state index is 0.381. The molecule has 0 amide bonds. The Hall–Kier alpha value is -1.24. The van der Waals surface area contributed by atoms with Gasteiger partial charge in [-0.25, -0.2) is 0 Å².